The Labute approximate surface area is 130 Å². The van der Waals surface area contributed by atoms with E-state index in [-0.39, 0.29) is 11.0 Å². The second-order valence-electron chi connectivity index (χ2n) is 4.75. The quantitative estimate of drug-likeness (QED) is 0.644. The van der Waals surface area contributed by atoms with Gasteiger partial charge in [-0.05, 0) is 31.9 Å². The SMILES string of the molecule is COC(=O)c1ccc(C(C)Sc2nnc(NC3CC3)s2)o1. The van der Waals surface area contributed by atoms with Crippen LogP contribution < -0.4 is 5.32 Å². The highest BCUT2D eigenvalue weighted by Crippen LogP contribution is 2.38. The van der Waals surface area contributed by atoms with Crippen LogP contribution in [0.5, 0.6) is 0 Å². The van der Waals surface area contributed by atoms with Crippen LogP contribution in [-0.2, 0) is 4.74 Å². The molecule has 112 valence electrons. The van der Waals surface area contributed by atoms with E-state index in [1.165, 1.54) is 31.3 Å². The van der Waals surface area contributed by atoms with E-state index in [4.69, 9.17) is 4.42 Å². The van der Waals surface area contributed by atoms with Gasteiger partial charge >= 0.3 is 5.97 Å². The number of anilines is 1. The molecule has 2 aromatic heterocycles. The molecule has 2 heterocycles. The Morgan fingerprint density at radius 2 is 2.33 bits per heavy atom. The number of hydrogen-bond acceptors (Lipinski definition) is 8. The average Bonchev–Trinajstić information content (AvgIpc) is 2.99. The number of thioether (sulfide) groups is 1. The predicted octanol–water partition coefficient (Wildman–Crippen LogP) is 3.35. The first-order valence-corrected chi connectivity index (χ1v) is 8.30. The summed E-state index contributed by atoms with van der Waals surface area (Å²) < 4.78 is 11.0. The van der Waals surface area contributed by atoms with Gasteiger partial charge in [0.2, 0.25) is 10.9 Å². The van der Waals surface area contributed by atoms with Crippen molar-refractivity contribution in [1.82, 2.24) is 10.2 Å². The van der Waals surface area contributed by atoms with Crippen LogP contribution in [0.2, 0.25) is 0 Å². The number of furan rings is 1. The highest BCUT2D eigenvalue weighted by atomic mass is 32.2. The molecule has 21 heavy (non-hydrogen) atoms. The number of hydrogen-bond donors (Lipinski definition) is 1. The first-order valence-electron chi connectivity index (χ1n) is 6.60. The fourth-order valence-corrected chi connectivity index (χ4v) is 3.76. The largest absolute Gasteiger partial charge is 0.463 e. The van der Waals surface area contributed by atoms with Crippen LogP contribution in [0, 0.1) is 0 Å². The summed E-state index contributed by atoms with van der Waals surface area (Å²) >= 11 is 3.09. The van der Waals surface area contributed by atoms with Crippen molar-refractivity contribution in [2.24, 2.45) is 0 Å². The van der Waals surface area contributed by atoms with Crippen molar-refractivity contribution in [3.8, 4) is 0 Å². The van der Waals surface area contributed by atoms with Crippen molar-refractivity contribution in [2.45, 2.75) is 35.4 Å². The molecule has 0 saturated heterocycles. The zero-order chi connectivity index (χ0) is 14.8. The minimum absolute atomic E-state index is 0.0464. The maximum atomic E-state index is 11.4. The molecule has 8 heteroatoms. The van der Waals surface area contributed by atoms with Crippen LogP contribution in [0.3, 0.4) is 0 Å². The van der Waals surface area contributed by atoms with Gasteiger partial charge in [-0.25, -0.2) is 4.79 Å². The normalized spacial score (nSPS) is 15.7. The van der Waals surface area contributed by atoms with Gasteiger partial charge in [0.15, 0.2) is 4.34 Å². The Hall–Kier alpha value is -1.54. The lowest BCUT2D eigenvalue weighted by atomic mass is 10.3. The molecule has 6 nitrogen and oxygen atoms in total. The van der Waals surface area contributed by atoms with Gasteiger partial charge in [-0.1, -0.05) is 23.1 Å². The molecular weight excluding hydrogens is 310 g/mol. The number of ether oxygens (including phenoxy) is 1. The summed E-state index contributed by atoms with van der Waals surface area (Å²) in [7, 11) is 1.33. The van der Waals surface area contributed by atoms with Crippen LogP contribution >= 0.6 is 23.1 Å². The fourth-order valence-electron chi connectivity index (χ4n) is 1.71. The van der Waals surface area contributed by atoms with Crippen LogP contribution in [0.25, 0.3) is 0 Å². The average molecular weight is 325 g/mol. The molecule has 1 aliphatic carbocycles. The predicted molar refractivity (Wildman–Crippen MR) is 80.9 cm³/mol. The van der Waals surface area contributed by atoms with E-state index in [2.05, 4.69) is 20.3 Å². The van der Waals surface area contributed by atoms with Gasteiger partial charge in [0.05, 0.1) is 12.4 Å². The van der Waals surface area contributed by atoms with Gasteiger partial charge in [0.1, 0.15) is 5.76 Å². The van der Waals surface area contributed by atoms with Crippen molar-refractivity contribution in [3.05, 3.63) is 23.7 Å². The number of rotatable bonds is 6. The molecule has 1 saturated carbocycles. The van der Waals surface area contributed by atoms with Crippen molar-refractivity contribution in [2.75, 3.05) is 12.4 Å². The summed E-state index contributed by atoms with van der Waals surface area (Å²) in [5, 5.41) is 12.5. The summed E-state index contributed by atoms with van der Waals surface area (Å²) in [6.07, 6.45) is 2.42. The van der Waals surface area contributed by atoms with E-state index in [0.717, 1.165) is 9.47 Å². The highest BCUT2D eigenvalue weighted by Gasteiger charge is 2.23. The molecule has 0 radical (unpaired) electrons. The molecule has 0 spiro atoms. The second-order valence-corrected chi connectivity index (χ2v) is 7.31. The van der Waals surface area contributed by atoms with Gasteiger partial charge in [0.25, 0.3) is 0 Å². The van der Waals surface area contributed by atoms with Crippen LogP contribution in [0.4, 0.5) is 5.13 Å². The summed E-state index contributed by atoms with van der Waals surface area (Å²) in [6.45, 7) is 2.00. The van der Waals surface area contributed by atoms with E-state index in [1.54, 1.807) is 23.9 Å². The third kappa shape index (κ3) is 3.56. The van der Waals surface area contributed by atoms with Gasteiger partial charge < -0.3 is 14.5 Å². The fraction of sp³-hybridized carbons (Fsp3) is 0.462. The van der Waals surface area contributed by atoms with Gasteiger partial charge in [0, 0.05) is 6.04 Å². The Kier molecular flexibility index (Phi) is 4.16. The molecule has 1 aliphatic rings. The summed E-state index contributed by atoms with van der Waals surface area (Å²) in [6, 6.07) is 3.98. The molecule has 0 aliphatic heterocycles. The van der Waals surface area contributed by atoms with Crippen molar-refractivity contribution >= 4 is 34.2 Å². The Bertz CT molecular complexity index is 636. The number of esters is 1. The third-order valence-electron chi connectivity index (χ3n) is 3.00. The first kappa shape index (κ1) is 14.4. The molecule has 1 unspecified atom stereocenters. The molecular formula is C13H15N3O3S2. The Balaban J connectivity index is 1.62. The van der Waals surface area contributed by atoms with Crippen LogP contribution in [0.1, 0.15) is 41.3 Å². The maximum absolute atomic E-state index is 11.4. The number of aromatic nitrogens is 2. The molecule has 1 atom stereocenters. The standard InChI is InChI=1S/C13H15N3O3S2/c1-7(9-5-6-10(19-9)11(17)18-2)20-13-16-15-12(21-13)14-8-3-4-8/h5-8H,3-4H2,1-2H3,(H,14,15). The zero-order valence-electron chi connectivity index (χ0n) is 11.7. The maximum Gasteiger partial charge on any atom is 0.373 e. The van der Waals surface area contributed by atoms with Crippen molar-refractivity contribution < 1.29 is 13.9 Å². The van der Waals surface area contributed by atoms with Gasteiger partial charge in [-0.2, -0.15) is 0 Å². The summed E-state index contributed by atoms with van der Waals surface area (Å²) in [4.78, 5) is 11.4. The number of nitrogens with one attached hydrogen (secondary N) is 1. The smallest absolute Gasteiger partial charge is 0.373 e. The minimum Gasteiger partial charge on any atom is -0.463 e. The van der Waals surface area contributed by atoms with Crippen LogP contribution in [0.15, 0.2) is 20.9 Å². The van der Waals surface area contributed by atoms with Gasteiger partial charge in [-0.3, -0.25) is 0 Å². The number of methoxy groups -OCH3 is 1. The minimum atomic E-state index is -0.467. The molecule has 2 aromatic rings. The first-order chi connectivity index (χ1) is 10.2. The highest BCUT2D eigenvalue weighted by molar-refractivity contribution is 8.01. The number of carbonyl (C=O) groups excluding carboxylic acids is 1. The summed E-state index contributed by atoms with van der Waals surface area (Å²) in [5.74, 6) is 0.464. The lowest BCUT2D eigenvalue weighted by Gasteiger charge is -2.04. The van der Waals surface area contributed by atoms with E-state index < -0.39 is 5.97 Å². The lowest BCUT2D eigenvalue weighted by Crippen LogP contribution is -1.99. The van der Waals surface area contributed by atoms with Crippen LogP contribution in [-0.4, -0.2) is 29.3 Å². The molecule has 3 rings (SSSR count). The second kappa shape index (κ2) is 6.07. The molecule has 0 aromatic carbocycles. The van der Waals surface area contributed by atoms with Crippen molar-refractivity contribution in [1.29, 1.82) is 0 Å². The van der Waals surface area contributed by atoms with E-state index in [9.17, 15) is 4.79 Å². The molecule has 0 amide bonds. The lowest BCUT2D eigenvalue weighted by molar-refractivity contribution is 0.0563. The van der Waals surface area contributed by atoms with Gasteiger partial charge in [-0.15, -0.1) is 10.2 Å². The van der Waals surface area contributed by atoms with E-state index in [1.807, 2.05) is 6.92 Å². The van der Waals surface area contributed by atoms with E-state index >= 15 is 0 Å². The van der Waals surface area contributed by atoms with Crippen molar-refractivity contribution in [3.63, 3.8) is 0 Å². The number of carbonyl (C=O) groups is 1. The monoisotopic (exact) mass is 325 g/mol. The topological polar surface area (TPSA) is 77.2 Å². The molecule has 1 fully saturated rings. The van der Waals surface area contributed by atoms with E-state index in [0.29, 0.717) is 11.8 Å². The third-order valence-corrected chi connectivity index (χ3v) is 5.06. The molecule has 1 N–H and O–H groups in total. The summed E-state index contributed by atoms with van der Waals surface area (Å²) in [5.41, 5.74) is 0. The zero-order valence-corrected chi connectivity index (χ0v) is 13.3. The Morgan fingerprint density at radius 3 is 3.05 bits per heavy atom. The number of nitrogens with zero attached hydrogens (tertiary/aromatic N) is 2. The molecule has 0 bridgehead atoms. The Morgan fingerprint density at radius 1 is 1.52 bits per heavy atom.